The van der Waals surface area contributed by atoms with Crippen molar-refractivity contribution in [1.29, 1.82) is 0 Å². The summed E-state index contributed by atoms with van der Waals surface area (Å²) in [6.45, 7) is 6.50. The van der Waals surface area contributed by atoms with Gasteiger partial charge < -0.3 is 14.2 Å². The third-order valence-electron chi connectivity index (χ3n) is 11.5. The maximum absolute atomic E-state index is 12.8. The predicted octanol–water partition coefficient (Wildman–Crippen LogP) is 18.5. The van der Waals surface area contributed by atoms with Crippen LogP contribution < -0.4 is 0 Å². The second-order valence-corrected chi connectivity index (χ2v) is 18.1. The van der Waals surface area contributed by atoms with Crippen LogP contribution >= 0.6 is 0 Å². The van der Waals surface area contributed by atoms with Crippen LogP contribution in [0.4, 0.5) is 0 Å². The third kappa shape index (κ3) is 53.2. The smallest absolute Gasteiger partial charge is 0.306 e. The Balaban J connectivity index is 4.51. The van der Waals surface area contributed by atoms with E-state index in [0.717, 1.165) is 109 Å². The first-order valence-electron chi connectivity index (χ1n) is 27.7. The van der Waals surface area contributed by atoms with Crippen LogP contribution in [0.15, 0.2) is 97.2 Å². The molecule has 382 valence electrons. The highest BCUT2D eigenvalue weighted by atomic mass is 16.6. The standard InChI is InChI=1S/C61H102O6/c1-4-7-10-13-16-19-22-25-28-30-33-36-39-42-45-48-51-54-60(63)66-57-58(56-65-59(62)53-50-47-44-41-38-35-32-27-24-21-18-15-12-9-6-3)67-61(64)55-52-49-46-43-40-37-34-31-29-26-23-20-17-14-11-8-5-2/h16-21,25-29,32,34,37-38,41,58H,4-15,22-24,30-31,33,35-36,39-40,42-57H2,1-3H3/b19-16-,20-17-,21-18-,28-25-,29-26-,32-27-,37-34-,41-38-/t58-/m0/s1. The van der Waals surface area contributed by atoms with Crippen molar-refractivity contribution in [3.05, 3.63) is 97.2 Å². The van der Waals surface area contributed by atoms with E-state index in [1.165, 1.54) is 103 Å². The molecule has 0 heterocycles. The Labute approximate surface area is 413 Å². The van der Waals surface area contributed by atoms with Gasteiger partial charge in [-0.15, -0.1) is 0 Å². The molecule has 0 saturated carbocycles. The number of rotatable bonds is 49. The van der Waals surface area contributed by atoms with E-state index in [-0.39, 0.29) is 31.1 Å². The lowest BCUT2D eigenvalue weighted by Crippen LogP contribution is -2.30. The van der Waals surface area contributed by atoms with Crippen molar-refractivity contribution in [2.45, 2.75) is 258 Å². The average molecular weight is 931 g/mol. The summed E-state index contributed by atoms with van der Waals surface area (Å²) >= 11 is 0. The normalized spacial score (nSPS) is 12.8. The molecule has 0 radical (unpaired) electrons. The second kappa shape index (κ2) is 54.9. The highest BCUT2D eigenvalue weighted by Gasteiger charge is 2.19. The van der Waals surface area contributed by atoms with Crippen molar-refractivity contribution in [2.24, 2.45) is 0 Å². The summed E-state index contributed by atoms with van der Waals surface area (Å²) in [5, 5.41) is 0. The van der Waals surface area contributed by atoms with Gasteiger partial charge in [0.05, 0.1) is 0 Å². The molecular weight excluding hydrogens is 829 g/mol. The van der Waals surface area contributed by atoms with E-state index < -0.39 is 6.10 Å². The average Bonchev–Trinajstić information content (AvgIpc) is 3.33. The van der Waals surface area contributed by atoms with Crippen LogP contribution in [-0.2, 0) is 28.6 Å². The van der Waals surface area contributed by atoms with Gasteiger partial charge in [-0.1, -0.05) is 201 Å². The molecule has 0 fully saturated rings. The lowest BCUT2D eigenvalue weighted by atomic mass is 10.1. The zero-order valence-corrected chi connectivity index (χ0v) is 43.6. The number of unbranched alkanes of at least 4 members (excludes halogenated alkanes) is 22. The number of ether oxygens (including phenoxy) is 3. The van der Waals surface area contributed by atoms with Crippen molar-refractivity contribution in [1.82, 2.24) is 0 Å². The van der Waals surface area contributed by atoms with E-state index in [2.05, 4.69) is 118 Å². The van der Waals surface area contributed by atoms with Gasteiger partial charge in [-0.2, -0.15) is 0 Å². The van der Waals surface area contributed by atoms with E-state index in [4.69, 9.17) is 14.2 Å². The molecule has 6 nitrogen and oxygen atoms in total. The number of allylic oxidation sites excluding steroid dienone is 16. The molecule has 0 aliphatic rings. The van der Waals surface area contributed by atoms with E-state index >= 15 is 0 Å². The maximum atomic E-state index is 12.8. The zero-order valence-electron chi connectivity index (χ0n) is 43.6. The Morgan fingerprint density at radius 1 is 0.299 bits per heavy atom. The predicted molar refractivity (Wildman–Crippen MR) is 288 cm³/mol. The summed E-state index contributed by atoms with van der Waals surface area (Å²) in [6.07, 6.45) is 72.4. The molecule has 0 spiro atoms. The van der Waals surface area contributed by atoms with Gasteiger partial charge in [-0.25, -0.2) is 0 Å². The zero-order chi connectivity index (χ0) is 48.6. The molecule has 0 saturated heterocycles. The van der Waals surface area contributed by atoms with Gasteiger partial charge in [0.2, 0.25) is 0 Å². The van der Waals surface area contributed by atoms with Crippen LogP contribution in [-0.4, -0.2) is 37.2 Å². The Morgan fingerprint density at radius 3 is 0.866 bits per heavy atom. The Kier molecular flexibility index (Phi) is 51.9. The minimum atomic E-state index is -0.809. The molecule has 0 aromatic rings. The largest absolute Gasteiger partial charge is 0.462 e. The van der Waals surface area contributed by atoms with E-state index in [1.54, 1.807) is 0 Å². The highest BCUT2D eigenvalue weighted by molar-refractivity contribution is 5.71. The van der Waals surface area contributed by atoms with Crippen LogP contribution in [0.2, 0.25) is 0 Å². The Bertz CT molecular complexity index is 1350. The van der Waals surface area contributed by atoms with Crippen LogP contribution in [0.25, 0.3) is 0 Å². The molecule has 0 aliphatic heterocycles. The molecule has 0 bridgehead atoms. The number of esters is 3. The van der Waals surface area contributed by atoms with Crippen molar-refractivity contribution in [2.75, 3.05) is 13.2 Å². The molecule has 1 atom stereocenters. The number of carbonyl (C=O) groups excluding carboxylic acids is 3. The molecule has 0 N–H and O–H groups in total. The lowest BCUT2D eigenvalue weighted by molar-refractivity contribution is -0.167. The summed E-state index contributed by atoms with van der Waals surface area (Å²) in [5.41, 5.74) is 0. The first-order chi connectivity index (χ1) is 33.0. The van der Waals surface area contributed by atoms with Gasteiger partial charge in [0, 0.05) is 19.3 Å². The minimum Gasteiger partial charge on any atom is -0.462 e. The summed E-state index contributed by atoms with van der Waals surface area (Å²) in [5.74, 6) is -0.972. The quantitative estimate of drug-likeness (QED) is 0.0262. The fourth-order valence-electron chi connectivity index (χ4n) is 7.31. The van der Waals surface area contributed by atoms with E-state index in [0.29, 0.717) is 19.3 Å². The van der Waals surface area contributed by atoms with Gasteiger partial charge in [-0.3, -0.25) is 14.4 Å². The van der Waals surface area contributed by atoms with Crippen molar-refractivity contribution >= 4 is 17.9 Å². The molecule has 6 heteroatoms. The molecular formula is C61H102O6. The topological polar surface area (TPSA) is 78.9 Å². The summed E-state index contributed by atoms with van der Waals surface area (Å²) in [6, 6.07) is 0. The Morgan fingerprint density at radius 2 is 0.537 bits per heavy atom. The molecule has 0 aliphatic carbocycles. The molecule has 0 aromatic carbocycles. The Hall–Kier alpha value is -3.67. The molecule has 0 rings (SSSR count). The van der Waals surface area contributed by atoms with Gasteiger partial charge in [0.15, 0.2) is 6.10 Å². The van der Waals surface area contributed by atoms with E-state index in [9.17, 15) is 14.4 Å². The summed E-state index contributed by atoms with van der Waals surface area (Å²) in [4.78, 5) is 38.1. The first-order valence-corrected chi connectivity index (χ1v) is 27.7. The number of hydrogen-bond donors (Lipinski definition) is 0. The van der Waals surface area contributed by atoms with Gasteiger partial charge in [-0.05, 0) is 128 Å². The molecule has 67 heavy (non-hydrogen) atoms. The van der Waals surface area contributed by atoms with Gasteiger partial charge in [0.25, 0.3) is 0 Å². The maximum Gasteiger partial charge on any atom is 0.306 e. The van der Waals surface area contributed by atoms with Crippen LogP contribution in [0.1, 0.15) is 252 Å². The number of carbonyl (C=O) groups is 3. The highest BCUT2D eigenvalue weighted by Crippen LogP contribution is 2.13. The lowest BCUT2D eigenvalue weighted by Gasteiger charge is -2.18. The molecule has 0 aromatic heterocycles. The van der Waals surface area contributed by atoms with Crippen molar-refractivity contribution in [3.8, 4) is 0 Å². The van der Waals surface area contributed by atoms with Crippen LogP contribution in [0.3, 0.4) is 0 Å². The second-order valence-electron chi connectivity index (χ2n) is 18.1. The summed E-state index contributed by atoms with van der Waals surface area (Å²) in [7, 11) is 0. The molecule has 0 unspecified atom stereocenters. The minimum absolute atomic E-state index is 0.104. The molecule has 0 amide bonds. The number of hydrogen-bond acceptors (Lipinski definition) is 6. The van der Waals surface area contributed by atoms with Crippen LogP contribution in [0.5, 0.6) is 0 Å². The van der Waals surface area contributed by atoms with Crippen molar-refractivity contribution < 1.29 is 28.6 Å². The fourth-order valence-corrected chi connectivity index (χ4v) is 7.31. The van der Waals surface area contributed by atoms with Crippen LogP contribution in [0, 0.1) is 0 Å². The monoisotopic (exact) mass is 931 g/mol. The fraction of sp³-hybridized carbons (Fsp3) is 0.689. The first kappa shape index (κ1) is 63.3. The van der Waals surface area contributed by atoms with E-state index in [1.807, 2.05) is 0 Å². The summed E-state index contributed by atoms with van der Waals surface area (Å²) < 4.78 is 16.8. The SMILES string of the molecule is CCCCC/C=C\C/C=C\C/C=C\CCCCCCC(=O)O[C@@H](COC(=O)CCCC/C=C\C/C=C\C/C=C\CCCCC)COC(=O)CCCCCCCCC/C=C\C/C=C\CCCCC. The van der Waals surface area contributed by atoms with Gasteiger partial charge in [0.1, 0.15) is 13.2 Å². The third-order valence-corrected chi connectivity index (χ3v) is 11.5. The van der Waals surface area contributed by atoms with Crippen molar-refractivity contribution in [3.63, 3.8) is 0 Å². The van der Waals surface area contributed by atoms with Gasteiger partial charge >= 0.3 is 17.9 Å².